The number of primary amides is 1. The molecule has 698 valence electrons. The van der Waals surface area contributed by atoms with E-state index in [2.05, 4.69) is 57.8 Å². The van der Waals surface area contributed by atoms with Crippen molar-refractivity contribution in [1.82, 2.24) is 82.3 Å². The largest absolute Gasteiger partial charge is 0.508 e. The number of phenols is 1. The quantitative estimate of drug-likeness (QED) is 0.0437. The van der Waals surface area contributed by atoms with Crippen LogP contribution in [0.2, 0.25) is 0 Å². The predicted octanol–water partition coefficient (Wildman–Crippen LogP) is 3.10. The molecule has 6 aromatic carbocycles. The average Bonchev–Trinajstić information content (AvgIpc) is 1.80. The van der Waals surface area contributed by atoms with Crippen LogP contribution < -0.4 is 53.6 Å². The molecule has 1 aliphatic heterocycles. The fourth-order valence-corrected chi connectivity index (χ4v) is 16.5. The molecule has 35 nitrogen and oxygen atoms in total. The van der Waals surface area contributed by atoms with E-state index in [0.29, 0.717) is 68.0 Å². The van der Waals surface area contributed by atoms with Crippen LogP contribution in [0.5, 0.6) is 5.75 Å². The number of unbranched alkanes of at least 4 members (excludes halogenated alkanes) is 1. The van der Waals surface area contributed by atoms with Gasteiger partial charge < -0.3 is 98.3 Å². The number of nitrogens with one attached hydrogen (secondary N) is 11. The molecule has 15 amide bonds. The van der Waals surface area contributed by atoms with Gasteiger partial charge in [-0.25, -0.2) is 0 Å². The van der Waals surface area contributed by atoms with Crippen LogP contribution in [0.3, 0.4) is 0 Å². The first kappa shape index (κ1) is 101. The van der Waals surface area contributed by atoms with E-state index in [9.17, 15) is 43.8 Å². The summed E-state index contributed by atoms with van der Waals surface area (Å²) in [5, 5.41) is 46.2. The van der Waals surface area contributed by atoms with Crippen molar-refractivity contribution in [2.45, 2.75) is 172 Å². The Morgan fingerprint density at radius 1 is 0.450 bits per heavy atom. The zero-order valence-corrected chi connectivity index (χ0v) is 76.0. The first-order valence-electron chi connectivity index (χ1n) is 43.5. The highest BCUT2D eigenvalue weighted by Gasteiger charge is 2.42. The summed E-state index contributed by atoms with van der Waals surface area (Å²) in [6.45, 7) is 6.27. The maximum Gasteiger partial charge on any atom is 0.305 e. The van der Waals surface area contributed by atoms with Gasteiger partial charge >= 0.3 is 5.97 Å². The van der Waals surface area contributed by atoms with E-state index in [1.807, 2.05) is 6.92 Å². The zero-order chi connectivity index (χ0) is 95.3. The van der Waals surface area contributed by atoms with E-state index < -0.39 is 199 Å². The molecule has 0 radical (unpaired) electrons. The third-order valence-electron chi connectivity index (χ3n) is 22.8. The predicted molar refractivity (Wildman–Crippen MR) is 492 cm³/mol. The van der Waals surface area contributed by atoms with Gasteiger partial charge in [-0.3, -0.25) is 76.7 Å². The van der Waals surface area contributed by atoms with Crippen LogP contribution >= 0.6 is 11.8 Å². The van der Waals surface area contributed by atoms with Crippen LogP contribution in [0.1, 0.15) is 100 Å². The van der Waals surface area contributed by atoms with Gasteiger partial charge in [0.15, 0.2) is 0 Å². The third-order valence-corrected chi connectivity index (χ3v) is 23.8. The van der Waals surface area contributed by atoms with Gasteiger partial charge in [-0.05, 0) is 82.3 Å². The number of phenolic OH excluding ortho intramolecular Hbond substituents is 1. The second kappa shape index (κ2) is 48.5. The van der Waals surface area contributed by atoms with Gasteiger partial charge in [0, 0.05) is 114 Å². The second-order valence-electron chi connectivity index (χ2n) is 33.8. The van der Waals surface area contributed by atoms with Crippen LogP contribution in [-0.2, 0) is 115 Å². The second-order valence-corrected chi connectivity index (χ2v) is 34.8. The lowest BCUT2D eigenvalue weighted by Crippen LogP contribution is -2.61. The van der Waals surface area contributed by atoms with Crippen LogP contribution in [-0.4, -0.2) is 272 Å². The van der Waals surface area contributed by atoms with Crippen molar-refractivity contribution in [3.63, 3.8) is 0 Å². The molecule has 9 rings (SSSR count). The summed E-state index contributed by atoms with van der Waals surface area (Å²) in [5.74, 6) is -17.0. The Morgan fingerprint density at radius 2 is 0.885 bits per heavy atom. The van der Waals surface area contributed by atoms with E-state index in [-0.39, 0.29) is 68.8 Å². The number of carbonyl (C=O) groups excluding carboxylic acids is 15. The van der Waals surface area contributed by atoms with Crippen molar-refractivity contribution in [3.8, 4) is 5.75 Å². The van der Waals surface area contributed by atoms with E-state index in [1.165, 1.54) is 69.3 Å². The summed E-state index contributed by atoms with van der Waals surface area (Å²) in [5.41, 5.74) is 10.0. The number of rotatable bonds is 23. The fourth-order valence-electron chi connectivity index (χ4n) is 15.6. The number of hydrogen-bond donors (Lipinski definition) is 14. The Balaban J connectivity index is 1.12. The smallest absolute Gasteiger partial charge is 0.305 e. The molecule has 2 aromatic heterocycles. The van der Waals surface area contributed by atoms with Gasteiger partial charge in [0.25, 0.3) is 0 Å². The molecule has 36 heteroatoms. The maximum atomic E-state index is 15.6. The van der Waals surface area contributed by atoms with Gasteiger partial charge in [-0.2, -0.15) is 0 Å². The lowest BCUT2D eigenvalue weighted by molar-refractivity contribution is -0.151. The number of thioether (sulfide) groups is 1. The number of amides is 15. The number of aromatic amines is 2. The number of nitrogens with zero attached hydrogens (tertiary/aromatic N) is 5. The monoisotopic (exact) mass is 1820 g/mol. The van der Waals surface area contributed by atoms with Gasteiger partial charge in [0.1, 0.15) is 72.2 Å². The van der Waals surface area contributed by atoms with Crippen molar-refractivity contribution in [3.05, 3.63) is 210 Å². The highest BCUT2D eigenvalue weighted by Crippen LogP contribution is 2.26. The number of likely N-dealkylation sites (N-methyl/N-ethyl adjacent to an activating group) is 5. The van der Waals surface area contributed by atoms with Crippen LogP contribution in [0, 0.1) is 11.8 Å². The topological polar surface area (TPSA) is 496 Å². The van der Waals surface area contributed by atoms with Gasteiger partial charge in [-0.1, -0.05) is 187 Å². The number of benzene rings is 6. The number of carboxylic acid groups (broad SMARTS) is 1. The number of fused-ring (bicyclic) bond motifs is 2. The summed E-state index contributed by atoms with van der Waals surface area (Å²) < 4.78 is 0. The molecule has 1 fully saturated rings. The molecule has 11 atom stereocenters. The highest BCUT2D eigenvalue weighted by atomic mass is 32.2. The maximum absolute atomic E-state index is 15.6. The minimum absolute atomic E-state index is 0.0351. The minimum atomic E-state index is -1.90. The molecule has 3 heterocycles. The number of aromatic hydroxyl groups is 1. The SMILES string of the molecule is CCCC[C@H]1C(=O)N(C)CC(=O)N[C@@H](CC(=O)O)C(=O)N[C@@H](C(C)C)C(=O)N(C)[C@@H](Cc2ccccc2)C(=O)N[C@@H](Cc2c[nH]c3ccccc23)C(=O)N(C)CC(=O)N[C@@H](Cc2c[nH]c3ccccc23)C(=O)N[C@@H](Cc2ccc(O)cc2)C(=O)N[C@@H](CC(C)C)C(=O)N[C@H](C(=O)NCC(N)=O)CSCC(=O)N[C@@H](Cc2ccccc2)C(=O)N(C)[C@@H](Cc2ccccc2)C(=O)N1C. The normalized spacial score (nSPS) is 21.8. The van der Waals surface area contributed by atoms with Gasteiger partial charge in [0.05, 0.1) is 31.8 Å². The van der Waals surface area contributed by atoms with Crippen LogP contribution in [0.15, 0.2) is 176 Å². The summed E-state index contributed by atoms with van der Waals surface area (Å²) in [7, 11) is 6.62. The first-order valence-corrected chi connectivity index (χ1v) is 44.7. The van der Waals surface area contributed by atoms with Crippen LogP contribution in [0.4, 0.5) is 0 Å². The summed E-state index contributed by atoms with van der Waals surface area (Å²) in [6, 6.07) is 29.1. The number of para-hydroxylation sites is 2. The van der Waals surface area contributed by atoms with Crippen molar-refractivity contribution in [1.29, 1.82) is 0 Å². The Bertz CT molecular complexity index is 5350. The minimum Gasteiger partial charge on any atom is -0.508 e. The van der Waals surface area contributed by atoms with Crippen molar-refractivity contribution in [2.75, 3.05) is 66.4 Å². The molecule has 15 N–H and O–H groups in total. The van der Waals surface area contributed by atoms with Crippen molar-refractivity contribution < 1.29 is 86.9 Å². The Hall–Kier alpha value is -13.9. The lowest BCUT2D eigenvalue weighted by atomic mass is 9.98. The Kier molecular flexibility index (Phi) is 37.3. The van der Waals surface area contributed by atoms with E-state index in [1.54, 1.807) is 180 Å². The van der Waals surface area contributed by atoms with Crippen molar-refractivity contribution in [2.24, 2.45) is 17.6 Å². The van der Waals surface area contributed by atoms with Crippen molar-refractivity contribution >= 4 is 128 Å². The molecular formula is C95H119N17O18S. The third kappa shape index (κ3) is 29.3. The average molecular weight is 1820 g/mol. The molecule has 1 aliphatic rings. The number of aliphatic carboxylic acids is 1. The molecular weight excluding hydrogens is 1700 g/mol. The number of aromatic nitrogens is 2. The standard InChI is InChI=1S/C95H119N17O18S/c1-11-12-36-76-93(128)109(7)53-81(116)101-72(48-83(118)119)89(124)107-84(57(4)5)95(130)111(9)77(44-59-28-18-14-19-29-59)90(125)105-74(47-63-50-98-68-35-25-23-33-66(63)68)91(126)108(6)52-80(115)100-71(46-62-49-97-67-34-24-22-32-65(62)67)88(123)104-70(42-61-37-39-64(113)40-38-61)87(122)103-69(41-56(2)3)86(121)106-75(85(120)99-51-79(96)114)54-131-55-82(117)102-73(43-58-26-16-13-17-27-58)92(127)112(10)78(94(129)110(76)8)45-60-30-20-15-21-31-60/h13-35,37-40,49-50,56-57,69-78,84,97-98,113H,11-12,36,41-48,51-55H2,1-10H3,(H2,96,114)(H,99,120)(H,100,115)(H,101,116)(H,102,117)(H,103,122)(H,104,123)(H,105,125)(H,106,121)(H,107,124)(H,118,119)/t69-,70-,71-,72-,73-,74-,75-,76-,77-,78-,84-/m0/s1. The Labute approximate surface area is 764 Å². The number of nitrogens with two attached hydrogens (primary N) is 1. The first-order chi connectivity index (χ1) is 62.5. The van der Waals surface area contributed by atoms with Gasteiger partial charge in [0.2, 0.25) is 88.6 Å². The molecule has 0 spiro atoms. The van der Waals surface area contributed by atoms with E-state index in [4.69, 9.17) is 5.73 Å². The number of carboxylic acids is 1. The zero-order valence-electron chi connectivity index (χ0n) is 75.2. The van der Waals surface area contributed by atoms with Crippen LogP contribution in [0.25, 0.3) is 21.8 Å². The number of carbonyl (C=O) groups is 16. The van der Waals surface area contributed by atoms with E-state index in [0.717, 1.165) is 26.5 Å². The fraction of sp³-hybridized carbons (Fsp3) is 0.411. The lowest BCUT2D eigenvalue weighted by Gasteiger charge is -2.37. The van der Waals surface area contributed by atoms with E-state index >= 15 is 43.2 Å². The number of hydrogen-bond acceptors (Lipinski definition) is 18. The molecule has 0 saturated carbocycles. The number of H-pyrrole nitrogens is 2. The molecule has 0 unspecified atom stereocenters. The molecule has 8 aromatic rings. The highest BCUT2D eigenvalue weighted by molar-refractivity contribution is 8.00. The molecule has 0 bridgehead atoms. The summed E-state index contributed by atoms with van der Waals surface area (Å²) in [4.78, 5) is 248. The summed E-state index contributed by atoms with van der Waals surface area (Å²) >= 11 is 0.835. The molecule has 0 aliphatic carbocycles. The molecule has 1 saturated heterocycles. The van der Waals surface area contributed by atoms with Gasteiger partial charge in [-0.15, -0.1) is 11.8 Å². The summed E-state index contributed by atoms with van der Waals surface area (Å²) in [6.07, 6.45) is 1.92. The molecule has 131 heavy (non-hydrogen) atoms. The Morgan fingerprint density at radius 3 is 1.42 bits per heavy atom.